The number of carbonyl (C=O) groups excluding carboxylic acids is 1. The minimum absolute atomic E-state index is 0.0902. The van der Waals surface area contributed by atoms with Crippen molar-refractivity contribution >= 4 is 23.2 Å². The molecule has 5 rings (SSSR count). The summed E-state index contributed by atoms with van der Waals surface area (Å²) in [4.78, 5) is 29.4. The molecule has 1 aliphatic heterocycles. The molecular formula is C24H20ClFN6O2. The number of hydrogen-bond donors (Lipinski definition) is 0. The molecule has 0 unspecified atom stereocenters. The van der Waals surface area contributed by atoms with Gasteiger partial charge in [-0.15, -0.1) is 0 Å². The fourth-order valence-electron chi connectivity index (χ4n) is 3.91. The average Bonchev–Trinajstić information content (AvgIpc) is 3.36. The van der Waals surface area contributed by atoms with Crippen molar-refractivity contribution in [1.82, 2.24) is 24.5 Å². The molecule has 8 nitrogen and oxygen atoms in total. The van der Waals surface area contributed by atoms with Gasteiger partial charge in [-0.05, 0) is 36.4 Å². The van der Waals surface area contributed by atoms with Crippen molar-refractivity contribution in [3.8, 4) is 11.4 Å². The van der Waals surface area contributed by atoms with Gasteiger partial charge in [0.2, 0.25) is 0 Å². The lowest BCUT2D eigenvalue weighted by Crippen LogP contribution is -2.49. The summed E-state index contributed by atoms with van der Waals surface area (Å²) in [6.45, 7) is 1.85. The summed E-state index contributed by atoms with van der Waals surface area (Å²) in [7, 11) is 0. The van der Waals surface area contributed by atoms with Crippen molar-refractivity contribution in [2.24, 2.45) is 0 Å². The molecule has 2 aromatic heterocycles. The number of para-hydroxylation sites is 1. The second kappa shape index (κ2) is 9.11. The van der Waals surface area contributed by atoms with Gasteiger partial charge in [-0.3, -0.25) is 9.59 Å². The maximum Gasteiger partial charge on any atom is 0.292 e. The molecule has 0 aliphatic carbocycles. The average molecular weight is 479 g/mol. The lowest BCUT2D eigenvalue weighted by Gasteiger charge is -2.35. The van der Waals surface area contributed by atoms with Crippen LogP contribution in [0.4, 0.5) is 10.1 Å². The summed E-state index contributed by atoms with van der Waals surface area (Å²) in [5, 5.41) is 8.68. The van der Waals surface area contributed by atoms with Gasteiger partial charge in [-0.25, -0.2) is 9.07 Å². The van der Waals surface area contributed by atoms with Crippen LogP contribution < -0.4 is 10.5 Å². The van der Waals surface area contributed by atoms with E-state index in [0.717, 1.165) is 0 Å². The lowest BCUT2D eigenvalue weighted by atomic mass is 10.2. The predicted octanol–water partition coefficient (Wildman–Crippen LogP) is 3.17. The third-order valence-electron chi connectivity index (χ3n) is 5.69. The second-order valence-electron chi connectivity index (χ2n) is 7.80. The number of carbonyl (C=O) groups is 1. The van der Waals surface area contributed by atoms with Crippen molar-refractivity contribution in [2.45, 2.75) is 0 Å². The minimum atomic E-state index is -0.397. The Morgan fingerprint density at radius 3 is 2.41 bits per heavy atom. The smallest absolute Gasteiger partial charge is 0.292 e. The van der Waals surface area contributed by atoms with Gasteiger partial charge in [-0.2, -0.15) is 14.9 Å². The second-order valence-corrected chi connectivity index (χ2v) is 8.18. The molecule has 0 bridgehead atoms. The molecule has 0 atom stereocenters. The van der Waals surface area contributed by atoms with Crippen molar-refractivity contribution in [3.63, 3.8) is 0 Å². The van der Waals surface area contributed by atoms with E-state index in [1.807, 2.05) is 23.1 Å². The van der Waals surface area contributed by atoms with Crippen LogP contribution in [0.5, 0.6) is 0 Å². The first-order valence-electron chi connectivity index (χ1n) is 10.7. The van der Waals surface area contributed by atoms with Crippen LogP contribution >= 0.6 is 11.6 Å². The van der Waals surface area contributed by atoms with Gasteiger partial charge >= 0.3 is 0 Å². The third kappa shape index (κ3) is 4.17. The zero-order chi connectivity index (χ0) is 23.7. The first-order valence-corrected chi connectivity index (χ1v) is 11.1. The Bertz CT molecular complexity index is 1400. The molecule has 0 N–H and O–H groups in total. The van der Waals surface area contributed by atoms with Crippen LogP contribution in [-0.2, 0) is 0 Å². The van der Waals surface area contributed by atoms with Crippen molar-refractivity contribution in [3.05, 3.63) is 99.9 Å². The molecule has 1 fully saturated rings. The van der Waals surface area contributed by atoms with E-state index in [1.54, 1.807) is 47.6 Å². The fraction of sp³-hybridized carbons (Fsp3) is 0.167. The first-order chi connectivity index (χ1) is 16.5. The maximum absolute atomic E-state index is 13.5. The quantitative estimate of drug-likeness (QED) is 0.450. The van der Waals surface area contributed by atoms with Gasteiger partial charge in [0.15, 0.2) is 5.69 Å². The van der Waals surface area contributed by atoms with Crippen molar-refractivity contribution < 1.29 is 9.18 Å². The molecule has 1 aliphatic rings. The number of piperazine rings is 1. The first kappa shape index (κ1) is 21.8. The lowest BCUT2D eigenvalue weighted by molar-refractivity contribution is 0.0740. The summed E-state index contributed by atoms with van der Waals surface area (Å²) in [6, 6.07) is 16.7. The summed E-state index contributed by atoms with van der Waals surface area (Å²) >= 11 is 6.41. The van der Waals surface area contributed by atoms with E-state index in [-0.39, 0.29) is 22.4 Å². The number of benzene rings is 2. The van der Waals surface area contributed by atoms with Crippen LogP contribution in [0.15, 0.2) is 77.9 Å². The molecule has 34 heavy (non-hydrogen) atoms. The molecule has 0 spiro atoms. The summed E-state index contributed by atoms with van der Waals surface area (Å²) < 4.78 is 16.2. The van der Waals surface area contributed by atoms with Crippen molar-refractivity contribution in [1.29, 1.82) is 0 Å². The van der Waals surface area contributed by atoms with Crippen LogP contribution in [0.2, 0.25) is 5.02 Å². The Morgan fingerprint density at radius 2 is 1.68 bits per heavy atom. The van der Waals surface area contributed by atoms with Gasteiger partial charge in [-0.1, -0.05) is 35.9 Å². The predicted molar refractivity (Wildman–Crippen MR) is 126 cm³/mol. The molecule has 172 valence electrons. The Labute approximate surface area is 199 Å². The molecule has 3 heterocycles. The number of aromatic nitrogens is 4. The van der Waals surface area contributed by atoms with Crippen LogP contribution in [0, 0.1) is 5.82 Å². The van der Waals surface area contributed by atoms with E-state index in [2.05, 4.69) is 10.2 Å². The van der Waals surface area contributed by atoms with Crippen molar-refractivity contribution in [2.75, 3.05) is 31.1 Å². The maximum atomic E-state index is 13.5. The minimum Gasteiger partial charge on any atom is -0.365 e. The van der Waals surface area contributed by atoms with E-state index in [0.29, 0.717) is 43.2 Å². The number of amides is 1. The standard InChI is InChI=1S/C24H20ClFN6O2/c25-22-21(16-27-32(24(22)34)18-6-2-1-3-7-18)29-11-13-30(14-12-29)23(33)20-9-10-31(28-20)19-8-4-5-17(26)15-19/h1-10,15-16H,11-14H2. The normalized spacial score (nSPS) is 13.8. The molecule has 2 aromatic carbocycles. The van der Waals surface area contributed by atoms with E-state index >= 15 is 0 Å². The Hall–Kier alpha value is -3.98. The summed E-state index contributed by atoms with van der Waals surface area (Å²) in [5.41, 5.74) is 1.60. The topological polar surface area (TPSA) is 76.3 Å². The summed E-state index contributed by atoms with van der Waals surface area (Å²) in [5.74, 6) is -0.583. The van der Waals surface area contributed by atoms with E-state index in [1.165, 1.54) is 21.5 Å². The van der Waals surface area contributed by atoms with Gasteiger partial charge < -0.3 is 9.80 Å². The third-order valence-corrected chi connectivity index (χ3v) is 6.05. The number of hydrogen-bond acceptors (Lipinski definition) is 5. The van der Waals surface area contributed by atoms with Gasteiger partial charge in [0.05, 0.1) is 23.3 Å². The van der Waals surface area contributed by atoms with Gasteiger partial charge in [0.25, 0.3) is 11.5 Å². The Morgan fingerprint density at radius 1 is 0.941 bits per heavy atom. The Balaban J connectivity index is 1.28. The molecule has 10 heteroatoms. The highest BCUT2D eigenvalue weighted by Gasteiger charge is 2.26. The molecule has 1 saturated heterocycles. The number of nitrogens with zero attached hydrogens (tertiary/aromatic N) is 6. The van der Waals surface area contributed by atoms with Crippen LogP contribution in [0.1, 0.15) is 10.5 Å². The highest BCUT2D eigenvalue weighted by Crippen LogP contribution is 2.23. The monoisotopic (exact) mass is 478 g/mol. The molecular weight excluding hydrogens is 459 g/mol. The molecule has 0 saturated carbocycles. The van der Waals surface area contributed by atoms with Crippen LogP contribution in [0.25, 0.3) is 11.4 Å². The molecule has 1 amide bonds. The van der Waals surface area contributed by atoms with Crippen LogP contribution in [-0.4, -0.2) is 56.5 Å². The number of rotatable bonds is 4. The molecule has 4 aromatic rings. The highest BCUT2D eigenvalue weighted by molar-refractivity contribution is 6.33. The van der Waals surface area contributed by atoms with Gasteiger partial charge in [0, 0.05) is 32.4 Å². The number of anilines is 1. The highest BCUT2D eigenvalue weighted by atomic mass is 35.5. The summed E-state index contributed by atoms with van der Waals surface area (Å²) in [6.07, 6.45) is 3.21. The van der Waals surface area contributed by atoms with Crippen LogP contribution in [0.3, 0.4) is 0 Å². The van der Waals surface area contributed by atoms with E-state index in [4.69, 9.17) is 11.6 Å². The fourth-order valence-corrected chi connectivity index (χ4v) is 4.16. The largest absolute Gasteiger partial charge is 0.365 e. The molecule has 0 radical (unpaired) electrons. The Kier molecular flexibility index (Phi) is 5.85. The van der Waals surface area contributed by atoms with E-state index in [9.17, 15) is 14.0 Å². The van der Waals surface area contributed by atoms with Gasteiger partial charge in [0.1, 0.15) is 10.8 Å². The SMILES string of the molecule is O=C(c1ccn(-c2cccc(F)c2)n1)N1CCN(c2cnn(-c3ccccc3)c(=O)c2Cl)CC1. The zero-order valence-electron chi connectivity index (χ0n) is 18.0. The zero-order valence-corrected chi connectivity index (χ0v) is 18.8. The van der Waals surface area contributed by atoms with E-state index < -0.39 is 5.56 Å². The number of halogens is 2.